The molecule has 3 heteroatoms. The van der Waals surface area contributed by atoms with Crippen LogP contribution in [0.25, 0.3) is 11.0 Å². The molecule has 0 bridgehead atoms. The number of carbonyl (C=O) groups excluding carboxylic acids is 1. The Balaban J connectivity index is 1.72. The number of hydrogen-bond acceptors (Lipinski definition) is 2. The second-order valence-corrected chi connectivity index (χ2v) is 6.81. The maximum atomic E-state index is 12.4. The number of amides is 1. The number of furan rings is 1. The lowest BCUT2D eigenvalue weighted by Gasteiger charge is -2.29. The first-order chi connectivity index (χ1) is 10.5. The van der Waals surface area contributed by atoms with Gasteiger partial charge in [0.2, 0.25) is 5.91 Å². The highest BCUT2D eigenvalue weighted by Gasteiger charge is 2.23. The first-order valence-electron chi connectivity index (χ1n) is 8.31. The number of hydrogen-bond donors (Lipinski definition) is 1. The van der Waals surface area contributed by atoms with Crippen molar-refractivity contribution in [3.05, 3.63) is 35.1 Å². The smallest absolute Gasteiger partial charge is 0.224 e. The Morgan fingerprint density at radius 2 is 1.95 bits per heavy atom. The van der Waals surface area contributed by atoms with Crippen LogP contribution in [0.1, 0.15) is 49.3 Å². The normalized spacial score (nSPS) is 22.0. The summed E-state index contributed by atoms with van der Waals surface area (Å²) < 4.78 is 5.62. The summed E-state index contributed by atoms with van der Waals surface area (Å²) in [7, 11) is 0. The van der Waals surface area contributed by atoms with Gasteiger partial charge in [-0.1, -0.05) is 19.8 Å². The van der Waals surface area contributed by atoms with Gasteiger partial charge in [-0.3, -0.25) is 4.79 Å². The summed E-state index contributed by atoms with van der Waals surface area (Å²) in [5.74, 6) is 0.698. The molecule has 118 valence electrons. The fourth-order valence-electron chi connectivity index (χ4n) is 3.43. The predicted octanol–water partition coefficient (Wildman–Crippen LogP) is 4.29. The van der Waals surface area contributed by atoms with Crippen molar-refractivity contribution in [3.8, 4) is 0 Å². The highest BCUT2D eigenvalue weighted by molar-refractivity contribution is 5.88. The molecule has 1 heterocycles. The number of benzene rings is 1. The molecule has 3 rings (SSSR count). The fraction of sp³-hybridized carbons (Fsp3) is 0.526. The maximum absolute atomic E-state index is 12.4. The van der Waals surface area contributed by atoms with Crippen LogP contribution in [0.5, 0.6) is 0 Å². The van der Waals surface area contributed by atoms with E-state index >= 15 is 0 Å². The molecule has 0 spiro atoms. The minimum absolute atomic E-state index is 0.111. The summed E-state index contributed by atoms with van der Waals surface area (Å²) in [6.07, 6.45) is 6.97. The molecule has 1 amide bonds. The van der Waals surface area contributed by atoms with Crippen LogP contribution in [-0.4, -0.2) is 11.9 Å². The summed E-state index contributed by atoms with van der Waals surface area (Å²) in [4.78, 5) is 12.4. The third-order valence-corrected chi connectivity index (χ3v) is 5.08. The van der Waals surface area contributed by atoms with Gasteiger partial charge in [-0.15, -0.1) is 0 Å². The van der Waals surface area contributed by atoms with Gasteiger partial charge in [0, 0.05) is 17.0 Å². The molecular formula is C19H25NO2. The molecule has 1 saturated carbocycles. The van der Waals surface area contributed by atoms with Crippen LogP contribution in [0.2, 0.25) is 0 Å². The zero-order chi connectivity index (χ0) is 15.7. The highest BCUT2D eigenvalue weighted by Crippen LogP contribution is 2.26. The fourth-order valence-corrected chi connectivity index (χ4v) is 3.43. The zero-order valence-electron chi connectivity index (χ0n) is 13.7. The summed E-state index contributed by atoms with van der Waals surface area (Å²) in [6, 6.07) is 4.51. The van der Waals surface area contributed by atoms with E-state index in [0.29, 0.717) is 18.4 Å². The molecule has 1 aliphatic rings. The van der Waals surface area contributed by atoms with Crippen LogP contribution in [0.4, 0.5) is 0 Å². The third kappa shape index (κ3) is 3.03. The monoisotopic (exact) mass is 299 g/mol. The third-order valence-electron chi connectivity index (χ3n) is 5.08. The Hall–Kier alpha value is -1.77. The van der Waals surface area contributed by atoms with E-state index in [1.165, 1.54) is 30.4 Å². The first kappa shape index (κ1) is 15.1. The number of fused-ring (bicyclic) bond motifs is 1. The molecule has 0 saturated heterocycles. The molecule has 1 aliphatic carbocycles. The number of nitrogens with one attached hydrogen (secondary N) is 1. The molecule has 1 N–H and O–H groups in total. The van der Waals surface area contributed by atoms with Crippen LogP contribution in [-0.2, 0) is 11.2 Å². The van der Waals surface area contributed by atoms with E-state index in [2.05, 4.69) is 38.2 Å². The van der Waals surface area contributed by atoms with Gasteiger partial charge >= 0.3 is 0 Å². The lowest BCUT2D eigenvalue weighted by molar-refractivity contribution is -0.121. The van der Waals surface area contributed by atoms with Gasteiger partial charge in [-0.2, -0.15) is 0 Å². The van der Waals surface area contributed by atoms with Crippen LogP contribution in [0.3, 0.4) is 0 Å². The second kappa shape index (κ2) is 6.15. The van der Waals surface area contributed by atoms with Crippen LogP contribution in [0.15, 0.2) is 22.8 Å². The summed E-state index contributed by atoms with van der Waals surface area (Å²) in [5, 5.41) is 4.28. The van der Waals surface area contributed by atoms with Gasteiger partial charge in [0.05, 0.1) is 12.7 Å². The lowest BCUT2D eigenvalue weighted by atomic mass is 9.86. The average molecular weight is 299 g/mol. The molecule has 2 atom stereocenters. The van der Waals surface area contributed by atoms with Crippen molar-refractivity contribution in [1.82, 2.24) is 5.32 Å². The zero-order valence-corrected chi connectivity index (χ0v) is 13.7. The van der Waals surface area contributed by atoms with Crippen molar-refractivity contribution in [2.75, 3.05) is 0 Å². The molecule has 22 heavy (non-hydrogen) atoms. The van der Waals surface area contributed by atoms with E-state index in [0.717, 1.165) is 23.0 Å². The molecule has 2 aromatic rings. The van der Waals surface area contributed by atoms with E-state index in [1.807, 2.05) is 0 Å². The molecule has 0 unspecified atom stereocenters. The SMILES string of the molecule is Cc1cc2occ(CC(=O)N[C@@H]3CCCC[C@H]3C)c2cc1C. The second-order valence-electron chi connectivity index (χ2n) is 6.81. The number of carbonyl (C=O) groups is 1. The van der Waals surface area contributed by atoms with E-state index in [9.17, 15) is 4.79 Å². The van der Waals surface area contributed by atoms with Gasteiger partial charge in [0.1, 0.15) is 5.58 Å². The van der Waals surface area contributed by atoms with Crippen molar-refractivity contribution in [2.45, 2.75) is 58.9 Å². The molecule has 3 nitrogen and oxygen atoms in total. The van der Waals surface area contributed by atoms with Crippen LogP contribution < -0.4 is 5.32 Å². The van der Waals surface area contributed by atoms with Gasteiger partial charge in [-0.05, 0) is 55.9 Å². The number of rotatable bonds is 3. The summed E-state index contributed by atoms with van der Waals surface area (Å²) in [5.41, 5.74) is 4.31. The van der Waals surface area contributed by atoms with E-state index in [-0.39, 0.29) is 5.91 Å². The van der Waals surface area contributed by atoms with Crippen molar-refractivity contribution < 1.29 is 9.21 Å². The molecular weight excluding hydrogens is 274 g/mol. The predicted molar refractivity (Wildman–Crippen MR) is 89.0 cm³/mol. The van der Waals surface area contributed by atoms with E-state index in [4.69, 9.17) is 4.42 Å². The molecule has 1 aromatic carbocycles. The summed E-state index contributed by atoms with van der Waals surface area (Å²) >= 11 is 0. The topological polar surface area (TPSA) is 42.2 Å². The van der Waals surface area contributed by atoms with Gasteiger partial charge in [-0.25, -0.2) is 0 Å². The first-order valence-corrected chi connectivity index (χ1v) is 8.31. The Morgan fingerprint density at radius 1 is 1.23 bits per heavy atom. The van der Waals surface area contributed by atoms with E-state index in [1.54, 1.807) is 6.26 Å². The minimum atomic E-state index is 0.111. The maximum Gasteiger partial charge on any atom is 0.224 e. The van der Waals surface area contributed by atoms with Gasteiger partial charge in [0.25, 0.3) is 0 Å². The molecule has 1 fully saturated rings. The van der Waals surface area contributed by atoms with Crippen molar-refractivity contribution in [1.29, 1.82) is 0 Å². The molecule has 0 aliphatic heterocycles. The quantitative estimate of drug-likeness (QED) is 0.918. The van der Waals surface area contributed by atoms with Crippen molar-refractivity contribution in [3.63, 3.8) is 0 Å². The summed E-state index contributed by atoms with van der Waals surface area (Å²) in [6.45, 7) is 6.41. The van der Waals surface area contributed by atoms with Crippen molar-refractivity contribution >= 4 is 16.9 Å². The van der Waals surface area contributed by atoms with Crippen LogP contribution >= 0.6 is 0 Å². The van der Waals surface area contributed by atoms with Crippen LogP contribution in [0, 0.1) is 19.8 Å². The Labute approximate surface area is 132 Å². The average Bonchev–Trinajstić information content (AvgIpc) is 2.84. The van der Waals surface area contributed by atoms with Gasteiger partial charge < -0.3 is 9.73 Å². The molecule has 1 aromatic heterocycles. The Kier molecular flexibility index (Phi) is 4.23. The minimum Gasteiger partial charge on any atom is -0.464 e. The lowest BCUT2D eigenvalue weighted by Crippen LogP contribution is -2.41. The Bertz CT molecular complexity index is 686. The van der Waals surface area contributed by atoms with Gasteiger partial charge in [0.15, 0.2) is 0 Å². The standard InChI is InChI=1S/C19H25NO2/c1-12-6-4-5-7-17(12)20-19(21)10-15-11-22-18-9-14(3)13(2)8-16(15)18/h8-9,11-12,17H,4-7,10H2,1-3H3,(H,20,21)/t12-,17-/m1/s1. The number of aryl methyl sites for hydroxylation is 2. The van der Waals surface area contributed by atoms with E-state index < -0.39 is 0 Å². The largest absolute Gasteiger partial charge is 0.464 e. The highest BCUT2D eigenvalue weighted by atomic mass is 16.3. The Morgan fingerprint density at radius 3 is 2.73 bits per heavy atom. The van der Waals surface area contributed by atoms with Crippen molar-refractivity contribution in [2.24, 2.45) is 5.92 Å². The molecule has 0 radical (unpaired) electrons.